The molecule has 0 saturated heterocycles. The molecule has 4 aromatic heterocycles. The standard InChI is InChI=1S/C27H25N7O/c1-27(2,16-28)23-10-8-19(14-30-23)34-25-20-12-17(18-7-11-24(31-13-18)32(3)4)6-9-21(20)29-15-22(25)33(5)26(34)35/h6-15H,1-5H3. The lowest BCUT2D eigenvalue weighted by molar-refractivity contribution is 0.658. The van der Waals surface area contributed by atoms with Gasteiger partial charge in [-0.3, -0.25) is 19.1 Å². The van der Waals surface area contributed by atoms with Gasteiger partial charge in [-0.05, 0) is 55.8 Å². The zero-order valence-corrected chi connectivity index (χ0v) is 20.3. The van der Waals surface area contributed by atoms with Gasteiger partial charge in [0.25, 0.3) is 0 Å². The maximum atomic E-state index is 13.3. The fourth-order valence-corrected chi connectivity index (χ4v) is 4.18. The number of fused-ring (bicyclic) bond motifs is 3. The van der Waals surface area contributed by atoms with E-state index in [1.807, 2.05) is 75.4 Å². The second-order valence-corrected chi connectivity index (χ2v) is 9.34. The quantitative estimate of drug-likeness (QED) is 0.397. The zero-order valence-electron chi connectivity index (χ0n) is 20.3. The number of anilines is 1. The van der Waals surface area contributed by atoms with Crippen molar-refractivity contribution < 1.29 is 0 Å². The molecule has 0 atom stereocenters. The Kier molecular flexibility index (Phi) is 5.13. The summed E-state index contributed by atoms with van der Waals surface area (Å²) in [5, 5.41) is 10.3. The summed E-state index contributed by atoms with van der Waals surface area (Å²) in [5.41, 5.74) is 4.61. The van der Waals surface area contributed by atoms with Gasteiger partial charge >= 0.3 is 5.69 Å². The van der Waals surface area contributed by atoms with Crippen molar-refractivity contribution in [2.45, 2.75) is 19.3 Å². The highest BCUT2D eigenvalue weighted by Crippen LogP contribution is 2.30. The van der Waals surface area contributed by atoms with Crippen molar-refractivity contribution in [3.8, 4) is 22.9 Å². The van der Waals surface area contributed by atoms with E-state index in [1.165, 1.54) is 0 Å². The van der Waals surface area contributed by atoms with Crippen molar-refractivity contribution in [1.29, 1.82) is 5.26 Å². The van der Waals surface area contributed by atoms with Crippen LogP contribution >= 0.6 is 0 Å². The average Bonchev–Trinajstić information content (AvgIpc) is 3.14. The molecule has 4 heterocycles. The van der Waals surface area contributed by atoms with Crippen LogP contribution in [0.25, 0.3) is 38.8 Å². The number of nitrogens with zero attached hydrogens (tertiary/aromatic N) is 7. The van der Waals surface area contributed by atoms with Gasteiger partial charge in [-0.2, -0.15) is 5.26 Å². The first-order valence-corrected chi connectivity index (χ1v) is 11.2. The van der Waals surface area contributed by atoms with Gasteiger partial charge in [-0.15, -0.1) is 0 Å². The smallest absolute Gasteiger partial charge is 0.333 e. The Morgan fingerprint density at radius 3 is 2.34 bits per heavy atom. The Hall–Kier alpha value is -4.51. The lowest BCUT2D eigenvalue weighted by Gasteiger charge is -2.15. The minimum Gasteiger partial charge on any atom is -0.363 e. The number of rotatable bonds is 4. The normalized spacial score (nSPS) is 11.7. The van der Waals surface area contributed by atoms with Crippen LogP contribution in [-0.4, -0.2) is 38.2 Å². The molecule has 35 heavy (non-hydrogen) atoms. The third-order valence-corrected chi connectivity index (χ3v) is 6.35. The summed E-state index contributed by atoms with van der Waals surface area (Å²) in [5.74, 6) is 0.881. The van der Waals surface area contributed by atoms with E-state index >= 15 is 0 Å². The van der Waals surface area contributed by atoms with Crippen LogP contribution in [0.3, 0.4) is 0 Å². The zero-order chi connectivity index (χ0) is 24.9. The number of hydrogen-bond acceptors (Lipinski definition) is 6. The summed E-state index contributed by atoms with van der Waals surface area (Å²) in [6.45, 7) is 3.64. The molecule has 0 aliphatic rings. The first-order valence-electron chi connectivity index (χ1n) is 11.2. The van der Waals surface area contributed by atoms with Gasteiger partial charge in [0.2, 0.25) is 0 Å². The van der Waals surface area contributed by atoms with E-state index in [2.05, 4.69) is 21.0 Å². The molecule has 0 aliphatic heterocycles. The second kappa shape index (κ2) is 8.06. The predicted molar refractivity (Wildman–Crippen MR) is 138 cm³/mol. The molecule has 174 valence electrons. The highest BCUT2D eigenvalue weighted by Gasteiger charge is 2.22. The second-order valence-electron chi connectivity index (χ2n) is 9.34. The molecule has 0 aliphatic carbocycles. The van der Waals surface area contributed by atoms with Crippen LogP contribution in [0.1, 0.15) is 19.5 Å². The summed E-state index contributed by atoms with van der Waals surface area (Å²) >= 11 is 0. The minimum absolute atomic E-state index is 0.189. The fraction of sp³-hybridized carbons (Fsp3) is 0.222. The van der Waals surface area contributed by atoms with Gasteiger partial charge in [0.1, 0.15) is 5.82 Å². The van der Waals surface area contributed by atoms with Crippen LogP contribution in [0.2, 0.25) is 0 Å². The summed E-state index contributed by atoms with van der Waals surface area (Å²) < 4.78 is 3.25. The van der Waals surface area contributed by atoms with E-state index in [-0.39, 0.29) is 5.69 Å². The van der Waals surface area contributed by atoms with Gasteiger partial charge in [-0.25, -0.2) is 9.78 Å². The Labute approximate surface area is 202 Å². The minimum atomic E-state index is -0.718. The predicted octanol–water partition coefficient (Wildman–Crippen LogP) is 4.20. The van der Waals surface area contributed by atoms with E-state index in [1.54, 1.807) is 34.6 Å². The third kappa shape index (κ3) is 3.62. The molecular formula is C27H25N7O. The highest BCUT2D eigenvalue weighted by atomic mass is 16.1. The molecule has 0 radical (unpaired) electrons. The summed E-state index contributed by atoms with van der Waals surface area (Å²) in [6.07, 6.45) is 5.22. The van der Waals surface area contributed by atoms with E-state index in [4.69, 9.17) is 0 Å². The molecule has 0 amide bonds. The van der Waals surface area contributed by atoms with Gasteiger partial charge in [0.15, 0.2) is 0 Å². The molecule has 5 aromatic rings. The summed E-state index contributed by atoms with van der Waals surface area (Å²) in [6, 6.07) is 15.9. The molecule has 0 fully saturated rings. The van der Waals surface area contributed by atoms with Crippen LogP contribution < -0.4 is 10.6 Å². The molecule has 1 aromatic carbocycles. The number of benzene rings is 1. The van der Waals surface area contributed by atoms with Crippen molar-refractivity contribution in [3.63, 3.8) is 0 Å². The molecule has 0 N–H and O–H groups in total. The molecule has 0 saturated carbocycles. The van der Waals surface area contributed by atoms with E-state index in [0.29, 0.717) is 11.4 Å². The lowest BCUT2D eigenvalue weighted by Crippen LogP contribution is -2.21. The molecule has 5 rings (SSSR count). The van der Waals surface area contributed by atoms with Crippen molar-refractivity contribution in [1.82, 2.24) is 24.1 Å². The topological polar surface area (TPSA) is 92.6 Å². The SMILES string of the molecule is CN(C)c1ccc(-c2ccc3ncc4c(c3c2)n(-c2ccc(C(C)(C)C#N)nc2)c(=O)n4C)cn1. The molecule has 8 nitrogen and oxygen atoms in total. The third-order valence-electron chi connectivity index (χ3n) is 6.35. The number of aryl methyl sites for hydroxylation is 1. The molecule has 8 heteroatoms. The monoisotopic (exact) mass is 463 g/mol. The maximum absolute atomic E-state index is 13.3. The van der Waals surface area contributed by atoms with Crippen molar-refractivity contribution in [2.75, 3.05) is 19.0 Å². The number of aromatic nitrogens is 5. The first kappa shape index (κ1) is 22.3. The Morgan fingerprint density at radius 1 is 0.943 bits per heavy atom. The Balaban J connectivity index is 1.73. The average molecular weight is 464 g/mol. The maximum Gasteiger partial charge on any atom is 0.333 e. The first-order chi connectivity index (χ1) is 16.7. The Bertz CT molecular complexity index is 1670. The number of imidazole rings is 1. The van der Waals surface area contributed by atoms with Gasteiger partial charge in [0.05, 0.1) is 51.8 Å². The molecular weight excluding hydrogens is 438 g/mol. The van der Waals surface area contributed by atoms with Crippen LogP contribution in [0.15, 0.2) is 65.8 Å². The number of pyridine rings is 3. The van der Waals surface area contributed by atoms with Crippen LogP contribution in [0.5, 0.6) is 0 Å². The largest absolute Gasteiger partial charge is 0.363 e. The number of nitriles is 1. The number of hydrogen-bond donors (Lipinski definition) is 0. The van der Waals surface area contributed by atoms with E-state index < -0.39 is 5.41 Å². The van der Waals surface area contributed by atoms with Crippen molar-refractivity contribution >= 4 is 27.8 Å². The summed E-state index contributed by atoms with van der Waals surface area (Å²) in [7, 11) is 5.65. The van der Waals surface area contributed by atoms with Gasteiger partial charge in [-0.1, -0.05) is 6.07 Å². The molecule has 0 unspecified atom stereocenters. The van der Waals surface area contributed by atoms with Gasteiger partial charge < -0.3 is 4.90 Å². The van der Waals surface area contributed by atoms with Crippen molar-refractivity contribution in [2.24, 2.45) is 7.05 Å². The molecule has 0 spiro atoms. The van der Waals surface area contributed by atoms with Crippen LogP contribution in [0, 0.1) is 11.3 Å². The summed E-state index contributed by atoms with van der Waals surface area (Å²) in [4.78, 5) is 28.9. The van der Waals surface area contributed by atoms with Crippen LogP contribution in [0.4, 0.5) is 5.82 Å². The van der Waals surface area contributed by atoms with Crippen LogP contribution in [-0.2, 0) is 12.5 Å². The molecule has 0 bridgehead atoms. The Morgan fingerprint density at radius 2 is 1.71 bits per heavy atom. The van der Waals surface area contributed by atoms with Gasteiger partial charge in [0, 0.05) is 38.3 Å². The lowest BCUT2D eigenvalue weighted by atomic mass is 9.91. The highest BCUT2D eigenvalue weighted by molar-refractivity contribution is 6.04. The van der Waals surface area contributed by atoms with E-state index in [0.717, 1.165) is 38.9 Å². The van der Waals surface area contributed by atoms with E-state index in [9.17, 15) is 10.1 Å². The van der Waals surface area contributed by atoms with Crippen molar-refractivity contribution in [3.05, 3.63) is 77.2 Å². The fourth-order valence-electron chi connectivity index (χ4n) is 4.18.